The molecule has 2 unspecified atom stereocenters. The monoisotopic (exact) mass is 319 g/mol. The van der Waals surface area contributed by atoms with Crippen LogP contribution in [-0.2, 0) is 11.2 Å². The van der Waals surface area contributed by atoms with E-state index >= 15 is 0 Å². The molecular formula is C18H26FN3O. The molecule has 2 aliphatic heterocycles. The van der Waals surface area contributed by atoms with E-state index in [2.05, 4.69) is 10.2 Å². The Morgan fingerprint density at radius 3 is 2.78 bits per heavy atom. The second-order valence-corrected chi connectivity index (χ2v) is 6.71. The predicted octanol–water partition coefficient (Wildman–Crippen LogP) is 1.51. The molecule has 1 amide bonds. The number of amides is 1. The quantitative estimate of drug-likeness (QED) is 0.914. The van der Waals surface area contributed by atoms with E-state index in [4.69, 9.17) is 0 Å². The van der Waals surface area contributed by atoms with E-state index in [0.29, 0.717) is 18.0 Å². The van der Waals surface area contributed by atoms with Gasteiger partial charge in [0.15, 0.2) is 0 Å². The Balaban J connectivity index is 1.55. The summed E-state index contributed by atoms with van der Waals surface area (Å²) in [4.78, 5) is 17.1. The van der Waals surface area contributed by atoms with Crippen LogP contribution in [0.1, 0.15) is 18.9 Å². The largest absolute Gasteiger partial charge is 0.341 e. The minimum absolute atomic E-state index is 0.158. The second kappa shape index (κ2) is 7.41. The molecule has 0 aliphatic carbocycles. The Labute approximate surface area is 137 Å². The summed E-state index contributed by atoms with van der Waals surface area (Å²) in [7, 11) is 0. The number of hydrogen-bond donors (Lipinski definition) is 1. The highest BCUT2D eigenvalue weighted by Gasteiger charge is 2.32. The number of nitrogens with one attached hydrogen (secondary N) is 1. The van der Waals surface area contributed by atoms with Gasteiger partial charge in [0.05, 0.1) is 0 Å². The molecule has 4 nitrogen and oxygen atoms in total. The normalized spacial score (nSPS) is 23.9. The first-order valence-electron chi connectivity index (χ1n) is 8.62. The van der Waals surface area contributed by atoms with Crippen molar-refractivity contribution in [2.75, 3.05) is 39.3 Å². The SMILES string of the molecule is CC(Cc1ccccc1F)C(=O)N1CCC(N2CCNCC2)C1. The van der Waals surface area contributed by atoms with Crippen LogP contribution in [0.3, 0.4) is 0 Å². The summed E-state index contributed by atoms with van der Waals surface area (Å²) in [5.41, 5.74) is 0.631. The summed E-state index contributed by atoms with van der Waals surface area (Å²) in [6.45, 7) is 7.76. The van der Waals surface area contributed by atoms with Gasteiger partial charge in [-0.15, -0.1) is 0 Å². The smallest absolute Gasteiger partial charge is 0.225 e. The lowest BCUT2D eigenvalue weighted by atomic mass is 9.99. The number of carbonyl (C=O) groups excluding carboxylic acids is 1. The third kappa shape index (κ3) is 3.90. The first-order valence-corrected chi connectivity index (χ1v) is 8.62. The molecule has 23 heavy (non-hydrogen) atoms. The lowest BCUT2D eigenvalue weighted by molar-refractivity contribution is -0.134. The topological polar surface area (TPSA) is 35.6 Å². The lowest BCUT2D eigenvalue weighted by Gasteiger charge is -2.32. The standard InChI is InChI=1S/C18H26FN3O/c1-14(12-15-4-2-3-5-17(15)19)18(23)22-9-6-16(13-22)21-10-7-20-8-11-21/h2-5,14,16,20H,6-13H2,1H3. The van der Waals surface area contributed by atoms with Crippen molar-refractivity contribution >= 4 is 5.91 Å². The Kier molecular flexibility index (Phi) is 5.28. The number of halogens is 1. The zero-order chi connectivity index (χ0) is 16.2. The zero-order valence-electron chi connectivity index (χ0n) is 13.8. The Bertz CT molecular complexity index is 545. The van der Waals surface area contributed by atoms with Crippen LogP contribution >= 0.6 is 0 Å². The Hall–Kier alpha value is -1.46. The van der Waals surface area contributed by atoms with E-state index in [1.807, 2.05) is 17.9 Å². The highest BCUT2D eigenvalue weighted by atomic mass is 19.1. The highest BCUT2D eigenvalue weighted by molar-refractivity contribution is 5.79. The fraction of sp³-hybridized carbons (Fsp3) is 0.611. The second-order valence-electron chi connectivity index (χ2n) is 6.71. The summed E-state index contributed by atoms with van der Waals surface area (Å²) in [6, 6.07) is 7.23. The number of rotatable bonds is 4. The van der Waals surface area contributed by atoms with E-state index < -0.39 is 0 Å². The zero-order valence-corrected chi connectivity index (χ0v) is 13.8. The van der Waals surface area contributed by atoms with Gasteiger partial charge in [-0.1, -0.05) is 25.1 Å². The summed E-state index contributed by atoms with van der Waals surface area (Å²) < 4.78 is 13.8. The molecule has 1 aromatic carbocycles. The minimum atomic E-state index is -0.215. The molecule has 2 atom stereocenters. The van der Waals surface area contributed by atoms with Gasteiger partial charge in [0, 0.05) is 51.2 Å². The van der Waals surface area contributed by atoms with Crippen LogP contribution in [0.25, 0.3) is 0 Å². The van der Waals surface area contributed by atoms with E-state index in [-0.39, 0.29) is 17.6 Å². The van der Waals surface area contributed by atoms with Crippen LogP contribution < -0.4 is 5.32 Å². The van der Waals surface area contributed by atoms with E-state index in [1.165, 1.54) is 6.07 Å². The molecule has 0 radical (unpaired) electrons. The summed E-state index contributed by atoms with van der Waals surface area (Å²) in [5, 5.41) is 3.37. The number of benzene rings is 1. The molecule has 0 saturated carbocycles. The number of piperazine rings is 1. The third-order valence-corrected chi connectivity index (χ3v) is 5.05. The molecule has 1 aromatic rings. The van der Waals surface area contributed by atoms with Crippen LogP contribution in [0.2, 0.25) is 0 Å². The van der Waals surface area contributed by atoms with Gasteiger partial charge in [-0.3, -0.25) is 9.69 Å². The average molecular weight is 319 g/mol. The minimum Gasteiger partial charge on any atom is -0.341 e. The van der Waals surface area contributed by atoms with Crippen LogP contribution in [0.4, 0.5) is 4.39 Å². The van der Waals surface area contributed by atoms with Crippen LogP contribution in [0.15, 0.2) is 24.3 Å². The maximum Gasteiger partial charge on any atom is 0.225 e. The van der Waals surface area contributed by atoms with Crippen LogP contribution in [-0.4, -0.2) is 61.0 Å². The van der Waals surface area contributed by atoms with E-state index in [1.54, 1.807) is 12.1 Å². The van der Waals surface area contributed by atoms with E-state index in [0.717, 1.165) is 45.7 Å². The van der Waals surface area contributed by atoms with Crippen molar-refractivity contribution in [2.45, 2.75) is 25.8 Å². The highest BCUT2D eigenvalue weighted by Crippen LogP contribution is 2.20. The maximum atomic E-state index is 13.8. The Morgan fingerprint density at radius 1 is 1.30 bits per heavy atom. The van der Waals surface area contributed by atoms with Gasteiger partial charge in [0.1, 0.15) is 5.82 Å². The molecule has 2 saturated heterocycles. The van der Waals surface area contributed by atoms with Crippen molar-refractivity contribution in [1.82, 2.24) is 15.1 Å². The van der Waals surface area contributed by atoms with Gasteiger partial charge in [0.25, 0.3) is 0 Å². The van der Waals surface area contributed by atoms with Gasteiger partial charge >= 0.3 is 0 Å². The maximum absolute atomic E-state index is 13.8. The molecule has 2 aliphatic rings. The number of hydrogen-bond acceptors (Lipinski definition) is 3. The molecular weight excluding hydrogens is 293 g/mol. The third-order valence-electron chi connectivity index (χ3n) is 5.05. The summed E-state index contributed by atoms with van der Waals surface area (Å²) in [6.07, 6.45) is 1.53. The van der Waals surface area contributed by atoms with Crippen molar-refractivity contribution in [3.63, 3.8) is 0 Å². The summed E-state index contributed by atoms with van der Waals surface area (Å²) in [5.74, 6) is -0.230. The van der Waals surface area contributed by atoms with Crippen LogP contribution in [0, 0.1) is 11.7 Å². The first kappa shape index (κ1) is 16.4. The predicted molar refractivity (Wildman–Crippen MR) is 88.7 cm³/mol. The first-order chi connectivity index (χ1) is 11.1. The molecule has 0 spiro atoms. The van der Waals surface area contributed by atoms with Crippen molar-refractivity contribution in [2.24, 2.45) is 5.92 Å². The average Bonchev–Trinajstić information content (AvgIpc) is 3.07. The number of likely N-dealkylation sites (tertiary alicyclic amines) is 1. The van der Waals surface area contributed by atoms with Gasteiger partial charge < -0.3 is 10.2 Å². The van der Waals surface area contributed by atoms with Crippen LogP contribution in [0.5, 0.6) is 0 Å². The molecule has 3 rings (SSSR count). The molecule has 0 bridgehead atoms. The molecule has 0 aromatic heterocycles. The van der Waals surface area contributed by atoms with E-state index in [9.17, 15) is 9.18 Å². The van der Waals surface area contributed by atoms with Crippen molar-refractivity contribution in [3.05, 3.63) is 35.6 Å². The van der Waals surface area contributed by atoms with Gasteiger partial charge in [0.2, 0.25) is 5.91 Å². The molecule has 126 valence electrons. The summed E-state index contributed by atoms with van der Waals surface area (Å²) >= 11 is 0. The number of carbonyl (C=O) groups is 1. The fourth-order valence-electron chi connectivity index (χ4n) is 3.68. The van der Waals surface area contributed by atoms with Crippen molar-refractivity contribution < 1.29 is 9.18 Å². The lowest BCUT2D eigenvalue weighted by Crippen LogP contribution is -2.49. The van der Waals surface area contributed by atoms with Gasteiger partial charge in [-0.25, -0.2) is 4.39 Å². The van der Waals surface area contributed by atoms with Gasteiger partial charge in [-0.05, 0) is 24.5 Å². The number of nitrogens with zero attached hydrogens (tertiary/aromatic N) is 2. The molecule has 2 fully saturated rings. The van der Waals surface area contributed by atoms with Gasteiger partial charge in [-0.2, -0.15) is 0 Å². The fourth-order valence-corrected chi connectivity index (χ4v) is 3.68. The van der Waals surface area contributed by atoms with Crippen molar-refractivity contribution in [1.29, 1.82) is 0 Å². The molecule has 5 heteroatoms. The molecule has 2 heterocycles. The Morgan fingerprint density at radius 2 is 2.04 bits per heavy atom. The molecule has 1 N–H and O–H groups in total. The van der Waals surface area contributed by atoms with Crippen molar-refractivity contribution in [3.8, 4) is 0 Å².